The average Bonchev–Trinajstić information content (AvgIpc) is 3.10. The van der Waals surface area contributed by atoms with Crippen LogP contribution in [0.4, 0.5) is 0 Å². The molecule has 25 heavy (non-hydrogen) atoms. The van der Waals surface area contributed by atoms with Crippen LogP contribution in [0.2, 0.25) is 0 Å². The molecule has 2 aliphatic heterocycles. The van der Waals surface area contributed by atoms with Gasteiger partial charge in [0.2, 0.25) is 10.0 Å². The van der Waals surface area contributed by atoms with Crippen molar-refractivity contribution in [3.05, 3.63) is 18.2 Å². The first kappa shape index (κ1) is 17.3. The molecule has 0 bridgehead atoms. The first-order valence-corrected chi connectivity index (χ1v) is 10.6. The first-order chi connectivity index (χ1) is 12.0. The average molecular weight is 383 g/mol. The van der Waals surface area contributed by atoms with E-state index in [2.05, 4.69) is 8.75 Å². The van der Waals surface area contributed by atoms with Crippen molar-refractivity contribution in [2.75, 3.05) is 26.8 Å². The van der Waals surface area contributed by atoms with E-state index in [4.69, 9.17) is 9.47 Å². The second-order valence-corrected chi connectivity index (χ2v) is 9.11. The largest absolute Gasteiger partial charge is 0.381 e. The molecule has 4 rings (SSSR count). The Balaban J connectivity index is 1.55. The van der Waals surface area contributed by atoms with Crippen molar-refractivity contribution in [3.63, 3.8) is 0 Å². The molecule has 1 atom stereocenters. The Kier molecular flexibility index (Phi) is 4.53. The second-order valence-electron chi connectivity index (χ2n) is 6.67. The molecule has 0 N–H and O–H groups in total. The van der Waals surface area contributed by atoms with Gasteiger partial charge in [0.15, 0.2) is 0 Å². The molecule has 0 aliphatic carbocycles. The number of sulfonamides is 1. The lowest BCUT2D eigenvalue weighted by Crippen LogP contribution is -2.51. The van der Waals surface area contributed by atoms with Crippen LogP contribution in [0.5, 0.6) is 0 Å². The number of nitrogens with zero attached hydrogens (tertiary/aromatic N) is 3. The van der Waals surface area contributed by atoms with Crippen LogP contribution in [-0.4, -0.2) is 60.0 Å². The SMILES string of the molecule is COC1CCOC2(CCN(S(=O)(=O)c3cccc4nsnc34)CC2)C1. The molecule has 9 heteroatoms. The number of fused-ring (bicyclic) bond motifs is 1. The van der Waals surface area contributed by atoms with Crippen molar-refractivity contribution < 1.29 is 17.9 Å². The summed E-state index contributed by atoms with van der Waals surface area (Å²) in [7, 11) is -1.85. The molecule has 2 saturated heterocycles. The molecular weight excluding hydrogens is 362 g/mol. The van der Waals surface area contributed by atoms with Gasteiger partial charge >= 0.3 is 0 Å². The minimum absolute atomic E-state index is 0.201. The molecule has 1 spiro atoms. The molecule has 1 unspecified atom stereocenters. The van der Waals surface area contributed by atoms with Crippen molar-refractivity contribution >= 4 is 32.8 Å². The van der Waals surface area contributed by atoms with E-state index in [9.17, 15) is 8.42 Å². The molecule has 7 nitrogen and oxygen atoms in total. The summed E-state index contributed by atoms with van der Waals surface area (Å²) in [5.41, 5.74) is 0.832. The van der Waals surface area contributed by atoms with Crippen LogP contribution in [0.1, 0.15) is 25.7 Å². The topological polar surface area (TPSA) is 81.6 Å². The van der Waals surface area contributed by atoms with Crippen LogP contribution in [-0.2, 0) is 19.5 Å². The Labute approximate surface area is 151 Å². The van der Waals surface area contributed by atoms with Crippen molar-refractivity contribution in [1.82, 2.24) is 13.1 Å². The predicted molar refractivity (Wildman–Crippen MR) is 94.1 cm³/mol. The number of ether oxygens (including phenoxy) is 2. The van der Waals surface area contributed by atoms with Crippen LogP contribution >= 0.6 is 11.7 Å². The fourth-order valence-electron chi connectivity index (χ4n) is 3.80. The third-order valence-corrected chi connectivity index (χ3v) is 7.75. The smallest absolute Gasteiger partial charge is 0.245 e. The van der Waals surface area contributed by atoms with Crippen LogP contribution in [0.15, 0.2) is 23.1 Å². The summed E-state index contributed by atoms with van der Waals surface area (Å²) in [6.45, 7) is 1.58. The highest BCUT2D eigenvalue weighted by atomic mass is 32.2. The highest BCUT2D eigenvalue weighted by Gasteiger charge is 2.43. The zero-order valence-electron chi connectivity index (χ0n) is 14.1. The molecule has 2 aromatic rings. The number of benzene rings is 1. The number of piperidine rings is 1. The van der Waals surface area contributed by atoms with Crippen LogP contribution in [0, 0.1) is 0 Å². The Hall–Kier alpha value is -1.13. The molecule has 1 aromatic heterocycles. The Morgan fingerprint density at radius 2 is 2.12 bits per heavy atom. The molecular formula is C16H21N3O4S2. The minimum Gasteiger partial charge on any atom is -0.381 e. The number of hydrogen-bond donors (Lipinski definition) is 0. The first-order valence-electron chi connectivity index (χ1n) is 8.42. The molecule has 0 amide bonds. The normalized spacial score (nSPS) is 24.8. The molecule has 2 aliphatic rings. The van der Waals surface area contributed by atoms with E-state index in [1.807, 2.05) is 0 Å². The van der Waals surface area contributed by atoms with Crippen molar-refractivity contribution in [2.24, 2.45) is 0 Å². The maximum atomic E-state index is 13.1. The number of rotatable bonds is 3. The van der Waals surface area contributed by atoms with Gasteiger partial charge in [-0.3, -0.25) is 0 Å². The summed E-state index contributed by atoms with van der Waals surface area (Å²) in [6, 6.07) is 5.11. The summed E-state index contributed by atoms with van der Waals surface area (Å²) in [6.07, 6.45) is 3.32. The van der Waals surface area contributed by atoms with Gasteiger partial charge in [-0.2, -0.15) is 13.1 Å². The van der Waals surface area contributed by atoms with Gasteiger partial charge in [-0.05, 0) is 31.4 Å². The van der Waals surface area contributed by atoms with Gasteiger partial charge in [0.1, 0.15) is 15.9 Å². The van der Waals surface area contributed by atoms with Gasteiger partial charge in [-0.25, -0.2) is 8.42 Å². The van der Waals surface area contributed by atoms with Gasteiger partial charge < -0.3 is 9.47 Å². The number of methoxy groups -OCH3 is 1. The third kappa shape index (κ3) is 3.08. The molecule has 1 aromatic carbocycles. The van der Waals surface area contributed by atoms with Gasteiger partial charge in [0, 0.05) is 33.2 Å². The fourth-order valence-corrected chi connectivity index (χ4v) is 5.99. The van der Waals surface area contributed by atoms with E-state index in [1.165, 1.54) is 0 Å². The summed E-state index contributed by atoms with van der Waals surface area (Å²) < 4.78 is 47.6. The quantitative estimate of drug-likeness (QED) is 0.807. The Morgan fingerprint density at radius 1 is 1.32 bits per heavy atom. The molecule has 0 saturated carbocycles. The second kappa shape index (κ2) is 6.55. The van der Waals surface area contributed by atoms with Crippen LogP contribution in [0.25, 0.3) is 11.0 Å². The van der Waals surface area contributed by atoms with Gasteiger partial charge in [0.25, 0.3) is 0 Å². The summed E-state index contributed by atoms with van der Waals surface area (Å²) >= 11 is 1.03. The lowest BCUT2D eigenvalue weighted by molar-refractivity contribution is -0.144. The Morgan fingerprint density at radius 3 is 2.88 bits per heavy atom. The van der Waals surface area contributed by atoms with Crippen molar-refractivity contribution in [3.8, 4) is 0 Å². The van der Waals surface area contributed by atoms with Crippen LogP contribution in [0.3, 0.4) is 0 Å². The summed E-state index contributed by atoms with van der Waals surface area (Å²) in [5, 5.41) is 0. The zero-order chi connectivity index (χ0) is 17.5. The lowest BCUT2D eigenvalue weighted by Gasteiger charge is -2.45. The van der Waals surface area contributed by atoms with Gasteiger partial charge in [0.05, 0.1) is 23.4 Å². The van der Waals surface area contributed by atoms with E-state index in [0.29, 0.717) is 43.6 Å². The minimum atomic E-state index is -3.58. The van der Waals surface area contributed by atoms with E-state index >= 15 is 0 Å². The lowest BCUT2D eigenvalue weighted by atomic mass is 9.84. The number of hydrogen-bond acceptors (Lipinski definition) is 7. The predicted octanol–water partition coefficient (Wildman–Crippen LogP) is 2.04. The van der Waals surface area contributed by atoms with Gasteiger partial charge in [-0.1, -0.05) is 6.07 Å². The Bertz CT molecular complexity index is 859. The van der Waals surface area contributed by atoms with Gasteiger partial charge in [-0.15, -0.1) is 0 Å². The molecule has 3 heterocycles. The molecule has 0 radical (unpaired) electrons. The molecule has 136 valence electrons. The van der Waals surface area contributed by atoms with E-state index < -0.39 is 10.0 Å². The van der Waals surface area contributed by atoms with Crippen molar-refractivity contribution in [1.29, 1.82) is 0 Å². The zero-order valence-corrected chi connectivity index (χ0v) is 15.7. The number of aromatic nitrogens is 2. The fraction of sp³-hybridized carbons (Fsp3) is 0.625. The summed E-state index contributed by atoms with van der Waals surface area (Å²) in [5.74, 6) is 0. The van der Waals surface area contributed by atoms with E-state index in [0.717, 1.165) is 24.6 Å². The highest BCUT2D eigenvalue weighted by molar-refractivity contribution is 7.89. The maximum absolute atomic E-state index is 13.1. The monoisotopic (exact) mass is 383 g/mol. The third-order valence-electron chi connectivity index (χ3n) is 5.28. The van der Waals surface area contributed by atoms with Crippen LogP contribution < -0.4 is 0 Å². The van der Waals surface area contributed by atoms with E-state index in [-0.39, 0.29) is 16.6 Å². The maximum Gasteiger partial charge on any atom is 0.245 e. The highest BCUT2D eigenvalue weighted by Crippen LogP contribution is 2.37. The van der Waals surface area contributed by atoms with Crippen molar-refractivity contribution in [2.45, 2.75) is 42.3 Å². The standard InChI is InChI=1S/C16H21N3O4S2/c1-22-12-5-10-23-16(11-12)6-8-19(9-7-16)25(20,21)14-4-2-3-13-15(14)18-24-17-13/h2-4,12H,5-11H2,1H3. The summed E-state index contributed by atoms with van der Waals surface area (Å²) in [4.78, 5) is 0.244. The molecule has 2 fully saturated rings. The van der Waals surface area contributed by atoms with E-state index in [1.54, 1.807) is 29.6 Å².